The van der Waals surface area contributed by atoms with Crippen LogP contribution in [0.4, 0.5) is 4.79 Å². The lowest BCUT2D eigenvalue weighted by Gasteiger charge is -2.23. The molecule has 0 aliphatic heterocycles. The molecular formula is C14H16N2O3. The van der Waals surface area contributed by atoms with Gasteiger partial charge in [-0.3, -0.25) is 10.1 Å². The first-order valence-electron chi connectivity index (χ1n) is 6.04. The van der Waals surface area contributed by atoms with Gasteiger partial charge < -0.3 is 4.74 Å². The van der Waals surface area contributed by atoms with Crippen molar-refractivity contribution in [1.29, 1.82) is 0 Å². The molecule has 1 aromatic carbocycles. The summed E-state index contributed by atoms with van der Waals surface area (Å²) in [5.41, 5.74) is 3.80. The molecule has 1 atom stereocenters. The van der Waals surface area contributed by atoms with Gasteiger partial charge in [-0.15, -0.1) is 6.42 Å². The summed E-state index contributed by atoms with van der Waals surface area (Å²) in [5.74, 6) is 3.04. The van der Waals surface area contributed by atoms with Gasteiger partial charge in [-0.2, -0.15) is 0 Å². The number of carbonyl (C=O) groups is 1. The average molecular weight is 260 g/mol. The molecule has 5 nitrogen and oxygen atoms in total. The normalized spacial score (nSPS) is 16.8. The zero-order valence-electron chi connectivity index (χ0n) is 10.7. The molecule has 19 heavy (non-hydrogen) atoms. The molecule has 5 heteroatoms. The predicted octanol–water partition coefficient (Wildman–Crippen LogP) is 1.72. The number of benzene rings is 1. The third kappa shape index (κ3) is 2.87. The summed E-state index contributed by atoms with van der Waals surface area (Å²) < 4.78 is 4.92. The van der Waals surface area contributed by atoms with E-state index in [4.69, 9.17) is 16.4 Å². The summed E-state index contributed by atoms with van der Waals surface area (Å²) in [5, 5.41) is 8.44. The highest BCUT2D eigenvalue weighted by atomic mass is 16.6. The van der Waals surface area contributed by atoms with E-state index in [0.717, 1.165) is 18.4 Å². The van der Waals surface area contributed by atoms with Gasteiger partial charge in [-0.1, -0.05) is 12.0 Å². The molecule has 0 bridgehead atoms. The van der Waals surface area contributed by atoms with E-state index in [1.165, 1.54) is 11.0 Å². The van der Waals surface area contributed by atoms with Gasteiger partial charge in [0.05, 0.1) is 6.54 Å². The number of ether oxygens (including phenoxy) is 1. The largest absolute Gasteiger partial charge is 0.436 e. The van der Waals surface area contributed by atoms with E-state index >= 15 is 0 Å². The molecule has 1 amide bonds. The Kier molecular flexibility index (Phi) is 4.05. The summed E-state index contributed by atoms with van der Waals surface area (Å²) in [7, 11) is 1.98. The van der Waals surface area contributed by atoms with Crippen LogP contribution in [0, 0.1) is 12.3 Å². The van der Waals surface area contributed by atoms with Gasteiger partial charge in [0, 0.05) is 6.04 Å². The number of hydroxylamine groups is 1. The van der Waals surface area contributed by atoms with E-state index in [1.54, 1.807) is 6.07 Å². The Morgan fingerprint density at radius 1 is 1.68 bits per heavy atom. The topological polar surface area (TPSA) is 61.8 Å². The van der Waals surface area contributed by atoms with E-state index in [-0.39, 0.29) is 6.04 Å². The second-order valence-electron chi connectivity index (χ2n) is 4.54. The number of aryl methyl sites for hydroxylation is 1. The fourth-order valence-corrected chi connectivity index (χ4v) is 2.46. The molecule has 0 fully saturated rings. The van der Waals surface area contributed by atoms with Crippen molar-refractivity contribution in [2.24, 2.45) is 0 Å². The molecular weight excluding hydrogens is 244 g/mol. The Labute approximate surface area is 112 Å². The Morgan fingerprint density at radius 2 is 2.47 bits per heavy atom. The molecule has 1 aromatic rings. The zero-order chi connectivity index (χ0) is 13.8. The van der Waals surface area contributed by atoms with Crippen molar-refractivity contribution >= 4 is 6.09 Å². The quantitative estimate of drug-likeness (QED) is 0.493. The Balaban J connectivity index is 2.21. The van der Waals surface area contributed by atoms with Crippen molar-refractivity contribution in [3.63, 3.8) is 0 Å². The molecule has 2 rings (SSSR count). The van der Waals surface area contributed by atoms with Gasteiger partial charge in [0.2, 0.25) is 0 Å². The van der Waals surface area contributed by atoms with Gasteiger partial charge in [-0.05, 0) is 43.1 Å². The maximum Gasteiger partial charge on any atom is 0.436 e. The number of nitrogens with one attached hydrogen (secondary N) is 1. The van der Waals surface area contributed by atoms with Crippen LogP contribution in [0.2, 0.25) is 0 Å². The van der Waals surface area contributed by atoms with Gasteiger partial charge in [-0.25, -0.2) is 10.3 Å². The van der Waals surface area contributed by atoms with Crippen molar-refractivity contribution in [3.8, 4) is 18.1 Å². The molecule has 0 aromatic heterocycles. The van der Waals surface area contributed by atoms with Crippen LogP contribution in [0.25, 0.3) is 0 Å². The van der Waals surface area contributed by atoms with Crippen molar-refractivity contribution in [1.82, 2.24) is 10.4 Å². The second-order valence-corrected chi connectivity index (χ2v) is 4.54. The van der Waals surface area contributed by atoms with Crippen LogP contribution >= 0.6 is 0 Å². The minimum atomic E-state index is -0.897. The number of hydrogen-bond donors (Lipinski definition) is 2. The third-order valence-corrected chi connectivity index (χ3v) is 3.34. The third-order valence-electron chi connectivity index (χ3n) is 3.34. The van der Waals surface area contributed by atoms with E-state index in [1.807, 2.05) is 19.2 Å². The molecule has 1 unspecified atom stereocenters. The Hall–Kier alpha value is -2.03. The van der Waals surface area contributed by atoms with Crippen molar-refractivity contribution in [2.75, 3.05) is 13.6 Å². The number of amides is 1. The molecule has 0 saturated heterocycles. The minimum Gasteiger partial charge on any atom is -0.409 e. The smallest absolute Gasteiger partial charge is 0.409 e. The highest BCUT2D eigenvalue weighted by molar-refractivity contribution is 5.69. The van der Waals surface area contributed by atoms with Crippen LogP contribution in [0.3, 0.4) is 0 Å². The maximum absolute atomic E-state index is 11.0. The summed E-state index contributed by atoms with van der Waals surface area (Å²) in [4.78, 5) is 13.1. The first-order valence-corrected chi connectivity index (χ1v) is 6.04. The molecule has 0 saturated carbocycles. The second kappa shape index (κ2) is 5.74. The number of carbonyl (C=O) groups excluding carboxylic acids is 1. The molecule has 0 heterocycles. The molecule has 1 aliphatic rings. The number of nitrogens with zero attached hydrogens (tertiary/aromatic N) is 1. The number of rotatable bonds is 3. The summed E-state index contributed by atoms with van der Waals surface area (Å²) in [6.45, 7) is 0.576. The van der Waals surface area contributed by atoms with Crippen LogP contribution in [0.15, 0.2) is 18.2 Å². The standard InChI is InChI=1S/C14H16N2O3/c1-3-8-16(2)13-7-5-10-4-6-11(9-12(10)13)19-14(17)15-18/h1,4,6,9,13,18H,5,7-8H2,2H3,(H,15,17). The highest BCUT2D eigenvalue weighted by Crippen LogP contribution is 2.36. The Morgan fingerprint density at radius 3 is 3.16 bits per heavy atom. The number of terminal acetylenes is 1. The van der Waals surface area contributed by atoms with Gasteiger partial charge >= 0.3 is 6.09 Å². The zero-order valence-corrected chi connectivity index (χ0v) is 10.7. The van der Waals surface area contributed by atoms with E-state index in [2.05, 4.69) is 10.8 Å². The van der Waals surface area contributed by atoms with Gasteiger partial charge in [0.25, 0.3) is 0 Å². The minimum absolute atomic E-state index is 0.242. The van der Waals surface area contributed by atoms with Crippen LogP contribution in [-0.4, -0.2) is 29.8 Å². The van der Waals surface area contributed by atoms with E-state index in [0.29, 0.717) is 12.3 Å². The maximum atomic E-state index is 11.0. The average Bonchev–Trinajstić information content (AvgIpc) is 2.82. The molecule has 1 aliphatic carbocycles. The van der Waals surface area contributed by atoms with E-state index < -0.39 is 6.09 Å². The summed E-state index contributed by atoms with van der Waals surface area (Å²) in [6.07, 6.45) is 6.43. The van der Waals surface area contributed by atoms with E-state index in [9.17, 15) is 4.79 Å². The molecule has 0 spiro atoms. The van der Waals surface area contributed by atoms with Gasteiger partial charge in [0.1, 0.15) is 5.75 Å². The lowest BCUT2D eigenvalue weighted by Crippen LogP contribution is -2.24. The summed E-state index contributed by atoms with van der Waals surface area (Å²) in [6, 6.07) is 5.73. The monoisotopic (exact) mass is 260 g/mol. The van der Waals surface area contributed by atoms with Crippen LogP contribution < -0.4 is 10.2 Å². The molecule has 0 radical (unpaired) electrons. The SMILES string of the molecule is C#CCN(C)C1CCc2ccc(OC(=O)NO)cc21. The predicted molar refractivity (Wildman–Crippen MR) is 69.9 cm³/mol. The molecule has 2 N–H and O–H groups in total. The van der Waals surface area contributed by atoms with Crippen LogP contribution in [-0.2, 0) is 6.42 Å². The van der Waals surface area contributed by atoms with Crippen molar-refractivity contribution in [3.05, 3.63) is 29.3 Å². The summed E-state index contributed by atoms with van der Waals surface area (Å²) >= 11 is 0. The van der Waals surface area contributed by atoms with Crippen LogP contribution in [0.1, 0.15) is 23.6 Å². The van der Waals surface area contributed by atoms with Crippen LogP contribution in [0.5, 0.6) is 5.75 Å². The number of hydrogen-bond acceptors (Lipinski definition) is 4. The first kappa shape index (κ1) is 13.4. The van der Waals surface area contributed by atoms with Crippen molar-refractivity contribution in [2.45, 2.75) is 18.9 Å². The molecule has 100 valence electrons. The lowest BCUT2D eigenvalue weighted by molar-refractivity contribution is 0.127. The Bertz CT molecular complexity index is 522. The first-order chi connectivity index (χ1) is 9.15. The van der Waals surface area contributed by atoms with Crippen molar-refractivity contribution < 1.29 is 14.7 Å². The lowest BCUT2D eigenvalue weighted by atomic mass is 10.1. The fourth-order valence-electron chi connectivity index (χ4n) is 2.46. The highest BCUT2D eigenvalue weighted by Gasteiger charge is 2.26. The fraction of sp³-hybridized carbons (Fsp3) is 0.357. The number of fused-ring (bicyclic) bond motifs is 1. The van der Waals surface area contributed by atoms with Gasteiger partial charge in [0.15, 0.2) is 0 Å².